The molecule has 15 heavy (non-hydrogen) atoms. The maximum Gasteiger partial charge on any atom is 0.145 e. The minimum atomic E-state index is 0.207. The van der Waals surface area contributed by atoms with Crippen molar-refractivity contribution in [2.75, 3.05) is 18.9 Å². The highest BCUT2D eigenvalue weighted by atomic mass is 79.9. The van der Waals surface area contributed by atoms with E-state index in [0.29, 0.717) is 12.3 Å². The van der Waals surface area contributed by atoms with Crippen LogP contribution in [0.3, 0.4) is 0 Å². The van der Waals surface area contributed by atoms with E-state index in [0.717, 1.165) is 28.6 Å². The minimum Gasteiger partial charge on any atom is -0.491 e. The molecule has 3 nitrogen and oxygen atoms in total. The van der Waals surface area contributed by atoms with E-state index in [1.165, 1.54) is 0 Å². The Bertz CT molecular complexity index is 305. The summed E-state index contributed by atoms with van der Waals surface area (Å²) in [5, 5.41) is 8.62. The number of aliphatic hydroxyl groups is 1. The van der Waals surface area contributed by atoms with Crippen molar-refractivity contribution in [3.63, 3.8) is 0 Å². The zero-order valence-corrected chi connectivity index (χ0v) is 10.4. The molecule has 0 aliphatic heterocycles. The molecule has 0 spiro atoms. The number of hydrogen-bond donors (Lipinski definition) is 2. The molecule has 1 aromatic rings. The smallest absolute Gasteiger partial charge is 0.145 e. The molecule has 84 valence electrons. The van der Waals surface area contributed by atoms with Crippen LogP contribution in [0.25, 0.3) is 0 Å². The molecular weight excluding hydrogens is 258 g/mol. The molecule has 0 aliphatic rings. The van der Waals surface area contributed by atoms with Crippen LogP contribution in [0.15, 0.2) is 16.6 Å². The van der Waals surface area contributed by atoms with Gasteiger partial charge in [-0.15, -0.1) is 0 Å². The van der Waals surface area contributed by atoms with E-state index >= 15 is 0 Å². The van der Waals surface area contributed by atoms with Gasteiger partial charge in [-0.1, -0.05) is 15.9 Å². The van der Waals surface area contributed by atoms with Crippen molar-refractivity contribution in [2.45, 2.75) is 19.8 Å². The number of aryl methyl sites for hydroxylation is 1. The van der Waals surface area contributed by atoms with E-state index in [1.807, 2.05) is 19.1 Å². The second-order valence-corrected chi connectivity index (χ2v) is 4.34. The number of ether oxygens (including phenoxy) is 1. The van der Waals surface area contributed by atoms with Gasteiger partial charge in [-0.05, 0) is 37.5 Å². The molecule has 0 saturated carbocycles. The highest BCUT2D eigenvalue weighted by Gasteiger charge is 2.05. The Labute approximate surface area is 98.4 Å². The number of hydrogen-bond acceptors (Lipinski definition) is 3. The summed E-state index contributed by atoms with van der Waals surface area (Å²) in [5.74, 6) is 0.746. The van der Waals surface area contributed by atoms with E-state index in [-0.39, 0.29) is 6.61 Å². The summed E-state index contributed by atoms with van der Waals surface area (Å²) in [7, 11) is 0. The van der Waals surface area contributed by atoms with E-state index in [1.54, 1.807) is 0 Å². The minimum absolute atomic E-state index is 0.207. The van der Waals surface area contributed by atoms with Crippen LogP contribution in [0.4, 0.5) is 5.69 Å². The van der Waals surface area contributed by atoms with Crippen LogP contribution in [0.1, 0.15) is 18.4 Å². The number of anilines is 1. The lowest BCUT2D eigenvalue weighted by Crippen LogP contribution is -2.03. The normalized spacial score (nSPS) is 10.3. The molecule has 0 atom stereocenters. The molecule has 1 rings (SSSR count). The van der Waals surface area contributed by atoms with Gasteiger partial charge in [0.2, 0.25) is 0 Å². The number of rotatable bonds is 5. The third-order valence-electron chi connectivity index (χ3n) is 2.07. The summed E-state index contributed by atoms with van der Waals surface area (Å²) in [5.41, 5.74) is 7.50. The van der Waals surface area contributed by atoms with Gasteiger partial charge >= 0.3 is 0 Å². The van der Waals surface area contributed by atoms with Crippen molar-refractivity contribution in [1.29, 1.82) is 0 Å². The first-order valence-electron chi connectivity index (χ1n) is 4.94. The largest absolute Gasteiger partial charge is 0.491 e. The fourth-order valence-electron chi connectivity index (χ4n) is 1.34. The molecule has 0 radical (unpaired) electrons. The van der Waals surface area contributed by atoms with Crippen LogP contribution in [-0.4, -0.2) is 18.3 Å². The van der Waals surface area contributed by atoms with E-state index in [9.17, 15) is 0 Å². The maximum atomic E-state index is 8.62. The number of nitrogen functional groups attached to an aromatic ring is 1. The molecule has 0 aromatic heterocycles. The zero-order valence-electron chi connectivity index (χ0n) is 8.79. The maximum absolute atomic E-state index is 8.62. The van der Waals surface area contributed by atoms with Gasteiger partial charge in [0.1, 0.15) is 5.75 Å². The number of nitrogens with two attached hydrogens (primary N) is 1. The molecule has 3 N–H and O–H groups in total. The summed E-state index contributed by atoms with van der Waals surface area (Å²) in [6.07, 6.45) is 1.60. The van der Waals surface area contributed by atoms with Gasteiger partial charge in [0.15, 0.2) is 0 Å². The average Bonchev–Trinajstić information content (AvgIpc) is 2.15. The van der Waals surface area contributed by atoms with Gasteiger partial charge in [0, 0.05) is 11.1 Å². The Hall–Kier alpha value is -0.740. The van der Waals surface area contributed by atoms with Gasteiger partial charge in [-0.25, -0.2) is 0 Å². The van der Waals surface area contributed by atoms with Crippen LogP contribution in [0.2, 0.25) is 0 Å². The molecule has 0 unspecified atom stereocenters. The molecule has 0 aliphatic carbocycles. The molecule has 1 aromatic carbocycles. The third kappa shape index (κ3) is 3.72. The standard InChI is InChI=1S/C11H16BrNO2/c1-8-6-9(12)7-10(13)11(8)15-5-3-2-4-14/h6-7,14H,2-5,13H2,1H3. The molecular formula is C11H16BrNO2. The van der Waals surface area contributed by atoms with Crippen LogP contribution < -0.4 is 10.5 Å². The van der Waals surface area contributed by atoms with E-state index in [2.05, 4.69) is 15.9 Å². The van der Waals surface area contributed by atoms with Gasteiger partial charge in [0.25, 0.3) is 0 Å². The Morgan fingerprint density at radius 2 is 2.13 bits per heavy atom. The summed E-state index contributed by atoms with van der Waals surface area (Å²) in [4.78, 5) is 0. The molecule has 0 bridgehead atoms. The predicted molar refractivity (Wildman–Crippen MR) is 65.1 cm³/mol. The monoisotopic (exact) mass is 273 g/mol. The van der Waals surface area contributed by atoms with E-state index in [4.69, 9.17) is 15.6 Å². The number of benzene rings is 1. The molecule has 0 saturated heterocycles. The van der Waals surface area contributed by atoms with Crippen molar-refractivity contribution >= 4 is 21.6 Å². The average molecular weight is 274 g/mol. The summed E-state index contributed by atoms with van der Waals surface area (Å²) in [6.45, 7) is 2.76. The van der Waals surface area contributed by atoms with Gasteiger partial charge in [-0.2, -0.15) is 0 Å². The lowest BCUT2D eigenvalue weighted by molar-refractivity contribution is 0.253. The topological polar surface area (TPSA) is 55.5 Å². The predicted octanol–water partition coefficient (Wildman–Crippen LogP) is 2.49. The molecule has 0 heterocycles. The van der Waals surface area contributed by atoms with Crippen molar-refractivity contribution in [3.8, 4) is 5.75 Å². The van der Waals surface area contributed by atoms with Crippen molar-refractivity contribution in [1.82, 2.24) is 0 Å². The number of unbranched alkanes of at least 4 members (excludes halogenated alkanes) is 1. The van der Waals surface area contributed by atoms with Crippen molar-refractivity contribution in [3.05, 3.63) is 22.2 Å². The summed E-state index contributed by atoms with van der Waals surface area (Å²) < 4.78 is 6.53. The second-order valence-electron chi connectivity index (χ2n) is 3.42. The fraction of sp³-hybridized carbons (Fsp3) is 0.455. The Balaban J connectivity index is 2.60. The van der Waals surface area contributed by atoms with Crippen molar-refractivity contribution < 1.29 is 9.84 Å². The Morgan fingerprint density at radius 1 is 1.40 bits per heavy atom. The second kappa shape index (κ2) is 5.98. The highest BCUT2D eigenvalue weighted by molar-refractivity contribution is 9.10. The lowest BCUT2D eigenvalue weighted by Gasteiger charge is -2.11. The van der Waals surface area contributed by atoms with Crippen LogP contribution in [0.5, 0.6) is 5.75 Å². The Kier molecular flexibility index (Phi) is 4.91. The van der Waals surface area contributed by atoms with Crippen LogP contribution >= 0.6 is 15.9 Å². The van der Waals surface area contributed by atoms with Gasteiger partial charge in [-0.3, -0.25) is 0 Å². The number of halogens is 1. The SMILES string of the molecule is Cc1cc(Br)cc(N)c1OCCCCO. The first-order valence-corrected chi connectivity index (χ1v) is 5.73. The van der Waals surface area contributed by atoms with Crippen LogP contribution in [-0.2, 0) is 0 Å². The lowest BCUT2D eigenvalue weighted by atomic mass is 10.2. The highest BCUT2D eigenvalue weighted by Crippen LogP contribution is 2.30. The molecule has 4 heteroatoms. The first-order chi connectivity index (χ1) is 7.15. The summed E-state index contributed by atoms with van der Waals surface area (Å²) >= 11 is 3.37. The Morgan fingerprint density at radius 3 is 2.73 bits per heavy atom. The first kappa shape index (κ1) is 12.3. The number of aliphatic hydroxyl groups excluding tert-OH is 1. The molecule has 0 amide bonds. The summed E-state index contributed by atoms with van der Waals surface area (Å²) in [6, 6.07) is 3.80. The third-order valence-corrected chi connectivity index (χ3v) is 2.52. The van der Waals surface area contributed by atoms with Crippen molar-refractivity contribution in [2.24, 2.45) is 0 Å². The quantitative estimate of drug-likeness (QED) is 0.640. The molecule has 0 fully saturated rings. The fourth-order valence-corrected chi connectivity index (χ4v) is 1.93. The van der Waals surface area contributed by atoms with Gasteiger partial charge in [0.05, 0.1) is 12.3 Å². The zero-order chi connectivity index (χ0) is 11.3. The van der Waals surface area contributed by atoms with Crippen LogP contribution in [0, 0.1) is 6.92 Å². The van der Waals surface area contributed by atoms with E-state index < -0.39 is 0 Å². The van der Waals surface area contributed by atoms with Gasteiger partial charge < -0.3 is 15.6 Å².